The first-order valence-corrected chi connectivity index (χ1v) is 8.45. The summed E-state index contributed by atoms with van der Waals surface area (Å²) in [5, 5.41) is 3.99. The Hall–Kier alpha value is -2.44. The van der Waals surface area contributed by atoms with Gasteiger partial charge in [-0.1, -0.05) is 29.8 Å². The highest BCUT2D eigenvalue weighted by Gasteiger charge is 2.14. The number of halogens is 1. The van der Waals surface area contributed by atoms with Crippen molar-refractivity contribution >= 4 is 40.6 Å². The van der Waals surface area contributed by atoms with Gasteiger partial charge in [-0.3, -0.25) is 14.2 Å². The van der Waals surface area contributed by atoms with Crippen LogP contribution < -0.4 is 10.9 Å². The van der Waals surface area contributed by atoms with Crippen LogP contribution in [-0.4, -0.2) is 15.5 Å². The number of rotatable bonds is 3. The maximum absolute atomic E-state index is 12.5. The van der Waals surface area contributed by atoms with Gasteiger partial charge in [0.2, 0.25) is 0 Å². The summed E-state index contributed by atoms with van der Waals surface area (Å²) in [6.45, 7) is 1.86. The van der Waals surface area contributed by atoms with Crippen molar-refractivity contribution in [3.05, 3.63) is 73.7 Å². The standard InChI is InChI=1S/C18H16ClN3O2S/c1-10(12-5-3-4-6-14(12)19)20-16(23)11-7-8-13-15(9-11)21-18(25)22(2)17(13)24/h3-10H,1-2H3,(H,20,23)(H,21,25)/t10-/m0/s1. The fraction of sp³-hybridized carbons (Fsp3) is 0.167. The van der Waals surface area contributed by atoms with Crippen molar-refractivity contribution in [2.75, 3.05) is 0 Å². The average Bonchev–Trinajstić information content (AvgIpc) is 2.59. The highest BCUT2D eigenvalue weighted by molar-refractivity contribution is 7.71. The third kappa shape index (κ3) is 3.36. The van der Waals surface area contributed by atoms with Gasteiger partial charge >= 0.3 is 0 Å². The number of aromatic amines is 1. The minimum atomic E-state index is -0.255. The molecule has 0 radical (unpaired) electrons. The molecule has 0 saturated heterocycles. The zero-order valence-corrected chi connectivity index (χ0v) is 15.2. The summed E-state index contributed by atoms with van der Waals surface area (Å²) in [6.07, 6.45) is 0. The zero-order valence-electron chi connectivity index (χ0n) is 13.7. The lowest BCUT2D eigenvalue weighted by Gasteiger charge is -2.16. The number of hydrogen-bond acceptors (Lipinski definition) is 3. The van der Waals surface area contributed by atoms with Crippen molar-refractivity contribution in [1.29, 1.82) is 0 Å². The second-order valence-electron chi connectivity index (χ2n) is 5.77. The predicted octanol–water partition coefficient (Wildman–Crippen LogP) is 3.74. The Morgan fingerprint density at radius 2 is 2.00 bits per heavy atom. The summed E-state index contributed by atoms with van der Waals surface area (Å²) >= 11 is 11.3. The molecule has 3 aromatic rings. The normalized spacial score (nSPS) is 12.1. The number of hydrogen-bond donors (Lipinski definition) is 2. The summed E-state index contributed by atoms with van der Waals surface area (Å²) in [6, 6.07) is 12.0. The number of aromatic nitrogens is 2. The first kappa shape index (κ1) is 17.4. The molecule has 3 rings (SSSR count). The van der Waals surface area contributed by atoms with Crippen LogP contribution in [0.1, 0.15) is 28.9 Å². The monoisotopic (exact) mass is 373 g/mol. The van der Waals surface area contributed by atoms with E-state index in [0.717, 1.165) is 5.56 Å². The Morgan fingerprint density at radius 1 is 1.28 bits per heavy atom. The average molecular weight is 374 g/mol. The van der Waals surface area contributed by atoms with E-state index in [1.165, 1.54) is 4.57 Å². The van der Waals surface area contributed by atoms with Crippen molar-refractivity contribution in [1.82, 2.24) is 14.9 Å². The minimum Gasteiger partial charge on any atom is -0.345 e. The maximum Gasteiger partial charge on any atom is 0.261 e. The Balaban J connectivity index is 1.93. The number of nitrogens with one attached hydrogen (secondary N) is 2. The molecule has 0 aliphatic rings. The van der Waals surface area contributed by atoms with Crippen LogP contribution in [0.2, 0.25) is 5.02 Å². The van der Waals surface area contributed by atoms with E-state index in [-0.39, 0.29) is 17.5 Å². The molecule has 1 amide bonds. The van der Waals surface area contributed by atoms with Gasteiger partial charge in [-0.15, -0.1) is 0 Å². The van der Waals surface area contributed by atoms with E-state index in [2.05, 4.69) is 10.3 Å². The van der Waals surface area contributed by atoms with Gasteiger partial charge in [0.15, 0.2) is 4.77 Å². The van der Waals surface area contributed by atoms with Gasteiger partial charge in [0.25, 0.3) is 11.5 Å². The molecule has 25 heavy (non-hydrogen) atoms. The summed E-state index contributed by atoms with van der Waals surface area (Å²) in [5.74, 6) is -0.255. The molecule has 5 nitrogen and oxygen atoms in total. The third-order valence-corrected chi connectivity index (χ3v) is 4.80. The molecule has 1 heterocycles. The molecule has 128 valence electrons. The van der Waals surface area contributed by atoms with E-state index >= 15 is 0 Å². The topological polar surface area (TPSA) is 66.9 Å². The smallest absolute Gasteiger partial charge is 0.261 e. The van der Waals surface area contributed by atoms with Crippen LogP contribution in [0.4, 0.5) is 0 Å². The summed E-state index contributed by atoms with van der Waals surface area (Å²) < 4.78 is 1.66. The first-order valence-electron chi connectivity index (χ1n) is 7.67. The zero-order chi connectivity index (χ0) is 18.1. The van der Waals surface area contributed by atoms with E-state index < -0.39 is 0 Å². The van der Waals surface area contributed by atoms with Crippen molar-refractivity contribution in [2.45, 2.75) is 13.0 Å². The largest absolute Gasteiger partial charge is 0.345 e. The van der Waals surface area contributed by atoms with Crippen LogP contribution in [0.25, 0.3) is 10.9 Å². The molecule has 0 aliphatic carbocycles. The minimum absolute atomic E-state index is 0.199. The van der Waals surface area contributed by atoms with E-state index in [1.54, 1.807) is 31.3 Å². The Labute approximate surface area is 154 Å². The molecule has 0 fully saturated rings. The van der Waals surface area contributed by atoms with Crippen LogP contribution in [0, 0.1) is 4.77 Å². The van der Waals surface area contributed by atoms with Crippen molar-refractivity contribution in [3.63, 3.8) is 0 Å². The fourth-order valence-corrected chi connectivity index (χ4v) is 3.12. The molecule has 2 N–H and O–H groups in total. The van der Waals surface area contributed by atoms with Gasteiger partial charge in [0.1, 0.15) is 0 Å². The number of H-pyrrole nitrogens is 1. The third-order valence-electron chi connectivity index (χ3n) is 4.08. The highest BCUT2D eigenvalue weighted by atomic mass is 35.5. The molecule has 0 saturated carbocycles. The lowest BCUT2D eigenvalue weighted by Crippen LogP contribution is -2.27. The predicted molar refractivity (Wildman–Crippen MR) is 102 cm³/mol. The van der Waals surface area contributed by atoms with Crippen LogP contribution in [0.15, 0.2) is 47.3 Å². The first-order chi connectivity index (χ1) is 11.9. The number of amides is 1. The van der Waals surface area contributed by atoms with Gasteiger partial charge in [-0.25, -0.2) is 0 Å². The van der Waals surface area contributed by atoms with Gasteiger partial charge in [-0.05, 0) is 49.0 Å². The van der Waals surface area contributed by atoms with Crippen LogP contribution in [-0.2, 0) is 7.05 Å². The maximum atomic E-state index is 12.5. The van der Waals surface area contributed by atoms with Gasteiger partial charge in [0, 0.05) is 17.6 Å². The number of carbonyl (C=O) groups is 1. The molecule has 7 heteroatoms. The number of benzene rings is 2. The molecular formula is C18H16ClN3O2S. The van der Waals surface area contributed by atoms with Crippen molar-refractivity contribution < 1.29 is 4.79 Å². The van der Waals surface area contributed by atoms with Crippen LogP contribution in [0.3, 0.4) is 0 Å². The fourth-order valence-electron chi connectivity index (χ4n) is 2.63. The molecule has 0 unspecified atom stereocenters. The van der Waals surface area contributed by atoms with Crippen molar-refractivity contribution in [2.24, 2.45) is 7.05 Å². The summed E-state index contributed by atoms with van der Waals surface area (Å²) in [4.78, 5) is 27.7. The highest BCUT2D eigenvalue weighted by Crippen LogP contribution is 2.22. The molecule has 0 spiro atoms. The lowest BCUT2D eigenvalue weighted by atomic mass is 10.1. The molecule has 1 atom stereocenters. The summed E-state index contributed by atoms with van der Waals surface area (Å²) in [5.41, 5.74) is 1.61. The van der Waals surface area contributed by atoms with E-state index in [4.69, 9.17) is 23.8 Å². The number of fused-ring (bicyclic) bond motifs is 1. The van der Waals surface area contributed by atoms with Crippen LogP contribution in [0.5, 0.6) is 0 Å². The van der Waals surface area contributed by atoms with E-state index in [1.807, 2.05) is 25.1 Å². The van der Waals surface area contributed by atoms with E-state index in [0.29, 0.717) is 26.3 Å². The second-order valence-corrected chi connectivity index (χ2v) is 6.57. The number of carbonyl (C=O) groups excluding carboxylic acids is 1. The second kappa shape index (κ2) is 6.82. The quantitative estimate of drug-likeness (QED) is 0.687. The van der Waals surface area contributed by atoms with Gasteiger partial charge in [-0.2, -0.15) is 0 Å². The Bertz CT molecular complexity index is 1090. The van der Waals surface area contributed by atoms with E-state index in [9.17, 15) is 9.59 Å². The molecule has 0 aliphatic heterocycles. The Morgan fingerprint density at radius 3 is 2.72 bits per heavy atom. The molecule has 2 aromatic carbocycles. The molecule has 0 bridgehead atoms. The lowest BCUT2D eigenvalue weighted by molar-refractivity contribution is 0.0940. The van der Waals surface area contributed by atoms with Gasteiger partial charge < -0.3 is 10.3 Å². The van der Waals surface area contributed by atoms with Gasteiger partial charge in [0.05, 0.1) is 16.9 Å². The van der Waals surface area contributed by atoms with Crippen molar-refractivity contribution in [3.8, 4) is 0 Å². The summed E-state index contributed by atoms with van der Waals surface area (Å²) in [7, 11) is 1.60. The number of nitrogens with zero attached hydrogens (tertiary/aromatic N) is 1. The SMILES string of the molecule is C[C@H](NC(=O)c1ccc2c(=O)n(C)c(=S)[nH]c2c1)c1ccccc1Cl. The molecular weight excluding hydrogens is 358 g/mol. The molecule has 1 aromatic heterocycles. The Kier molecular flexibility index (Phi) is 4.74. The van der Waals surface area contributed by atoms with Crippen LogP contribution >= 0.6 is 23.8 Å².